The summed E-state index contributed by atoms with van der Waals surface area (Å²) in [4.78, 5) is 77.0. The van der Waals surface area contributed by atoms with Gasteiger partial charge in [0.15, 0.2) is 18.4 Å². The van der Waals surface area contributed by atoms with Crippen LogP contribution in [0.5, 0.6) is 0 Å². The van der Waals surface area contributed by atoms with Crippen LogP contribution in [0.4, 0.5) is 0 Å². The fourth-order valence-corrected chi connectivity index (χ4v) is 4.23. The third kappa shape index (κ3) is 6.57. The van der Waals surface area contributed by atoms with Crippen LogP contribution in [-0.2, 0) is 38.1 Å². The van der Waals surface area contributed by atoms with Gasteiger partial charge in [0.1, 0.15) is 30.4 Å². The number of nitrogens with one attached hydrogen (secondary N) is 2. The lowest BCUT2D eigenvalue weighted by Gasteiger charge is -2.45. The van der Waals surface area contributed by atoms with Crippen LogP contribution >= 0.6 is 0 Å². The number of hydrogen-bond acceptors (Lipinski definition) is 11. The Labute approximate surface area is 221 Å². The van der Waals surface area contributed by atoms with Crippen molar-refractivity contribution in [3.63, 3.8) is 0 Å². The third-order valence-electron chi connectivity index (χ3n) is 5.65. The van der Waals surface area contributed by atoms with Crippen molar-refractivity contribution in [2.45, 2.75) is 58.3 Å². The largest absolute Gasteiger partial charge is 0.463 e. The summed E-state index contributed by atoms with van der Waals surface area (Å²) in [5.41, 5.74) is -2.18. The first-order valence-electron chi connectivity index (χ1n) is 11.7. The van der Waals surface area contributed by atoms with E-state index in [1.54, 1.807) is 36.4 Å². The predicted octanol–water partition coefficient (Wildman–Crippen LogP) is -0.0961. The van der Waals surface area contributed by atoms with Gasteiger partial charge in [-0.2, -0.15) is 5.26 Å². The first-order chi connectivity index (χ1) is 18.4. The molecule has 2 N–H and O–H groups in total. The first-order valence-corrected chi connectivity index (χ1v) is 11.7. The zero-order chi connectivity index (χ0) is 28.9. The predicted molar refractivity (Wildman–Crippen MR) is 131 cm³/mol. The van der Waals surface area contributed by atoms with Gasteiger partial charge in [0.25, 0.3) is 5.56 Å². The van der Waals surface area contributed by atoms with Gasteiger partial charge in [-0.25, -0.2) is 9.36 Å². The number of hydrogen-bond donors (Lipinski definition) is 2. The number of nitrogens with zero attached hydrogens (tertiary/aromatic N) is 2. The van der Waals surface area contributed by atoms with Crippen LogP contribution < -0.4 is 16.6 Å². The maximum absolute atomic E-state index is 13.6. The Morgan fingerprint density at radius 3 is 2.15 bits per heavy atom. The SMILES string of the molecule is CC(=O)N[C@@H]1[C@@H](OC(C)=O)[C@H](OC(C)=O)[C@@H](COC(C)=O)O[C@H]1n1c(=O)[nH]c(-c2ccccc2)c(C#N)c1=O. The standard InChI is InChI=1S/C25H26N4O10/c1-12(30)27-20-22(38-15(4)33)21(37-14(3)32)18(11-36-13(2)31)39-24(20)29-23(34)17(10-26)19(28-25(29)35)16-8-6-5-7-9-16/h5-9,18,20-22,24H,11H2,1-4H3,(H,27,30)(H,28,35)/t18-,20-,21-,22-,24-/m1/s1. The summed E-state index contributed by atoms with van der Waals surface area (Å²) in [6, 6.07) is 8.50. The van der Waals surface area contributed by atoms with Gasteiger partial charge in [-0.05, 0) is 5.56 Å². The van der Waals surface area contributed by atoms with E-state index >= 15 is 0 Å². The molecule has 0 unspecified atom stereocenters. The van der Waals surface area contributed by atoms with Gasteiger partial charge in [-0.1, -0.05) is 30.3 Å². The Morgan fingerprint density at radius 2 is 1.62 bits per heavy atom. The number of aromatic amines is 1. The molecule has 1 aromatic heterocycles. The minimum atomic E-state index is -1.70. The van der Waals surface area contributed by atoms with Crippen LogP contribution in [0.15, 0.2) is 39.9 Å². The van der Waals surface area contributed by atoms with Crippen molar-refractivity contribution in [3.05, 3.63) is 56.7 Å². The van der Waals surface area contributed by atoms with Crippen LogP contribution in [-0.4, -0.2) is 64.3 Å². The molecule has 2 heterocycles. The highest BCUT2D eigenvalue weighted by Crippen LogP contribution is 2.32. The molecule has 3 rings (SSSR count). The molecule has 1 aliphatic heterocycles. The molecule has 5 atom stereocenters. The molecule has 14 heteroatoms. The Kier molecular flexibility index (Phi) is 9.00. The highest BCUT2D eigenvalue weighted by atomic mass is 16.6. The molecule has 0 spiro atoms. The summed E-state index contributed by atoms with van der Waals surface area (Å²) >= 11 is 0. The van der Waals surface area contributed by atoms with Crippen molar-refractivity contribution in [2.75, 3.05) is 6.61 Å². The maximum atomic E-state index is 13.6. The zero-order valence-corrected chi connectivity index (χ0v) is 21.5. The van der Waals surface area contributed by atoms with Crippen LogP contribution in [0.1, 0.15) is 39.5 Å². The molecule has 2 aromatic rings. The van der Waals surface area contributed by atoms with Gasteiger partial charge in [0, 0.05) is 27.7 Å². The number of carbonyl (C=O) groups is 4. The lowest BCUT2D eigenvalue weighted by molar-refractivity contribution is -0.238. The molecular formula is C25H26N4O10. The number of esters is 3. The van der Waals surface area contributed by atoms with E-state index in [0.717, 1.165) is 27.7 Å². The van der Waals surface area contributed by atoms with E-state index < -0.39 is 77.8 Å². The molecule has 1 aliphatic rings. The first kappa shape index (κ1) is 28.8. The highest BCUT2D eigenvalue weighted by Gasteiger charge is 2.52. The quantitative estimate of drug-likeness (QED) is 0.350. The van der Waals surface area contributed by atoms with E-state index in [4.69, 9.17) is 18.9 Å². The van der Waals surface area contributed by atoms with Crippen molar-refractivity contribution in [3.8, 4) is 17.3 Å². The summed E-state index contributed by atoms with van der Waals surface area (Å²) in [5.74, 6) is -3.06. The van der Waals surface area contributed by atoms with E-state index in [-0.39, 0.29) is 5.69 Å². The number of benzene rings is 1. The molecule has 0 radical (unpaired) electrons. The number of rotatable bonds is 7. The van der Waals surface area contributed by atoms with Crippen LogP contribution in [0.3, 0.4) is 0 Å². The molecule has 0 aliphatic carbocycles. The molecule has 1 saturated heterocycles. The van der Waals surface area contributed by atoms with E-state index in [1.807, 2.05) is 0 Å². The molecule has 0 saturated carbocycles. The van der Waals surface area contributed by atoms with Gasteiger partial charge in [0.05, 0.1) is 5.69 Å². The Morgan fingerprint density at radius 1 is 1.00 bits per heavy atom. The summed E-state index contributed by atoms with van der Waals surface area (Å²) in [7, 11) is 0. The maximum Gasteiger partial charge on any atom is 0.331 e. The van der Waals surface area contributed by atoms with E-state index in [1.165, 1.54) is 0 Å². The Bertz CT molecular complexity index is 1430. The molecule has 1 fully saturated rings. The number of carbonyl (C=O) groups excluding carboxylic acids is 4. The minimum Gasteiger partial charge on any atom is -0.463 e. The number of aromatic nitrogens is 2. The topological polar surface area (TPSA) is 196 Å². The number of ether oxygens (including phenoxy) is 4. The van der Waals surface area contributed by atoms with Crippen molar-refractivity contribution in [1.82, 2.24) is 14.9 Å². The lowest BCUT2D eigenvalue weighted by atomic mass is 9.94. The molecule has 206 valence electrons. The van der Waals surface area contributed by atoms with E-state index in [0.29, 0.717) is 10.1 Å². The molecule has 1 amide bonds. The van der Waals surface area contributed by atoms with Crippen LogP contribution in [0.2, 0.25) is 0 Å². The van der Waals surface area contributed by atoms with Gasteiger partial charge in [-0.3, -0.25) is 24.0 Å². The highest BCUT2D eigenvalue weighted by molar-refractivity contribution is 5.74. The Hall–Kier alpha value is -4.77. The van der Waals surface area contributed by atoms with E-state index in [2.05, 4.69) is 10.3 Å². The summed E-state index contributed by atoms with van der Waals surface area (Å²) < 4.78 is 22.2. The third-order valence-corrected chi connectivity index (χ3v) is 5.65. The zero-order valence-electron chi connectivity index (χ0n) is 21.5. The smallest absolute Gasteiger partial charge is 0.331 e. The monoisotopic (exact) mass is 542 g/mol. The van der Waals surface area contributed by atoms with E-state index in [9.17, 15) is 34.0 Å². The average Bonchev–Trinajstić information content (AvgIpc) is 2.85. The second-order valence-electron chi connectivity index (χ2n) is 8.58. The lowest BCUT2D eigenvalue weighted by Crippen LogP contribution is -2.66. The second-order valence-corrected chi connectivity index (χ2v) is 8.58. The van der Waals surface area contributed by atoms with Crippen LogP contribution in [0.25, 0.3) is 11.3 Å². The van der Waals surface area contributed by atoms with Gasteiger partial charge >= 0.3 is 23.6 Å². The fraction of sp³-hybridized carbons (Fsp3) is 0.400. The van der Waals surface area contributed by atoms with Gasteiger partial charge in [-0.15, -0.1) is 0 Å². The Balaban J connectivity index is 2.25. The summed E-state index contributed by atoms with van der Waals surface area (Å²) in [6.45, 7) is 3.84. The summed E-state index contributed by atoms with van der Waals surface area (Å²) in [6.07, 6.45) is -5.98. The van der Waals surface area contributed by atoms with Gasteiger partial charge in [0.2, 0.25) is 5.91 Å². The molecule has 1 aromatic carbocycles. The average molecular weight is 543 g/mol. The number of amides is 1. The second kappa shape index (κ2) is 12.2. The fourth-order valence-electron chi connectivity index (χ4n) is 4.23. The van der Waals surface area contributed by atoms with Crippen molar-refractivity contribution in [2.24, 2.45) is 0 Å². The molecule has 14 nitrogen and oxygen atoms in total. The number of nitriles is 1. The number of H-pyrrole nitrogens is 1. The van der Waals surface area contributed by atoms with Crippen molar-refractivity contribution < 1.29 is 38.1 Å². The molecular weight excluding hydrogens is 516 g/mol. The molecule has 39 heavy (non-hydrogen) atoms. The van der Waals surface area contributed by atoms with Gasteiger partial charge < -0.3 is 29.2 Å². The van der Waals surface area contributed by atoms with Crippen molar-refractivity contribution in [1.29, 1.82) is 5.26 Å². The van der Waals surface area contributed by atoms with Crippen molar-refractivity contribution >= 4 is 23.8 Å². The van der Waals surface area contributed by atoms with Crippen LogP contribution in [0, 0.1) is 11.3 Å². The normalized spacial score (nSPS) is 22.2. The summed E-state index contributed by atoms with van der Waals surface area (Å²) in [5, 5.41) is 12.3. The minimum absolute atomic E-state index is 0.0398. The molecule has 0 bridgehead atoms.